The van der Waals surface area contributed by atoms with Gasteiger partial charge in [-0.25, -0.2) is 0 Å². The van der Waals surface area contributed by atoms with Crippen LogP contribution in [-0.2, 0) is 0 Å². The van der Waals surface area contributed by atoms with Crippen LogP contribution in [0.15, 0.2) is 186 Å². The molecule has 236 valence electrons. The lowest BCUT2D eigenvalue weighted by atomic mass is 9.83. The van der Waals surface area contributed by atoms with Crippen molar-refractivity contribution in [3.05, 3.63) is 181 Å². The van der Waals surface area contributed by atoms with E-state index in [4.69, 9.17) is 27.7 Å². The molecule has 0 aliphatic rings. The van der Waals surface area contributed by atoms with Gasteiger partial charge in [0.15, 0.2) is 0 Å². The molecular weight excluding hydrogens is 617 g/mol. The van der Waals surface area contributed by atoms with Crippen molar-refractivity contribution in [1.29, 1.82) is 0 Å². The van der Waals surface area contributed by atoms with E-state index in [0.717, 1.165) is 0 Å². The van der Waals surface area contributed by atoms with E-state index in [0.29, 0.717) is 0 Å². The lowest BCUT2D eigenvalue weighted by molar-refractivity contribution is 0.669. The van der Waals surface area contributed by atoms with Gasteiger partial charge in [0.05, 0.1) is 41.1 Å². The van der Waals surface area contributed by atoms with Crippen LogP contribution >= 0.6 is 0 Å². The van der Waals surface area contributed by atoms with Gasteiger partial charge in [-0.1, -0.05) is 163 Å². The van der Waals surface area contributed by atoms with Crippen molar-refractivity contribution in [2.75, 3.05) is 0 Å². The Hall–Kier alpha value is -6.70. The fraction of sp³-hybridized carbons (Fsp3) is 0. The van der Waals surface area contributed by atoms with Crippen molar-refractivity contribution >= 4 is 75.8 Å². The molecule has 1 heterocycles. The van der Waals surface area contributed by atoms with Crippen LogP contribution in [0.3, 0.4) is 0 Å². The maximum absolute atomic E-state index is 10.3. The molecule has 1 nitrogen and oxygen atoms in total. The predicted octanol–water partition coefficient (Wildman–Crippen LogP) is 14.4. The summed E-state index contributed by atoms with van der Waals surface area (Å²) in [6.07, 6.45) is 0. The van der Waals surface area contributed by atoms with Crippen LogP contribution in [0, 0.1) is 0 Å². The molecule has 0 amide bonds. The fourth-order valence-corrected chi connectivity index (χ4v) is 6.57. The summed E-state index contributed by atoms with van der Waals surface area (Å²) < 4.78 is 281. The highest BCUT2D eigenvalue weighted by Gasteiger charge is 2.23. The molecule has 0 saturated carbocycles. The summed E-state index contributed by atoms with van der Waals surface area (Å²) in [4.78, 5) is 0. The van der Waals surface area contributed by atoms with Gasteiger partial charge in [0, 0.05) is 10.8 Å². The van der Waals surface area contributed by atoms with Gasteiger partial charge < -0.3 is 4.42 Å². The molecule has 0 N–H and O–H groups in total. The third kappa shape index (κ3) is 4.16. The molecular formula is C50H30O. The third-order valence-corrected chi connectivity index (χ3v) is 8.64. The first-order valence-corrected chi connectivity index (χ1v) is 15.2. The van der Waals surface area contributed by atoms with Crippen LogP contribution in [-0.4, -0.2) is 0 Å². The Bertz CT molecular complexity index is 4820. The first kappa shape index (κ1) is 11.7. The molecule has 1 aromatic heterocycles. The molecule has 0 unspecified atom stereocenters. The van der Waals surface area contributed by atoms with E-state index in [2.05, 4.69) is 0 Å². The van der Waals surface area contributed by atoms with Crippen molar-refractivity contribution < 1.29 is 45.5 Å². The summed E-state index contributed by atoms with van der Waals surface area (Å²) in [5.74, 6) is 0. The fourth-order valence-electron chi connectivity index (χ4n) is 6.57. The summed E-state index contributed by atoms with van der Waals surface area (Å²) in [7, 11) is 0. The average Bonchev–Trinajstić information content (AvgIpc) is 3.17. The lowest BCUT2D eigenvalue weighted by Crippen LogP contribution is -1.93. The number of hydrogen-bond donors (Lipinski definition) is 0. The van der Waals surface area contributed by atoms with Crippen LogP contribution in [0.2, 0.25) is 0 Å². The van der Waals surface area contributed by atoms with Crippen molar-refractivity contribution in [3.8, 4) is 33.4 Å². The number of rotatable bonds is 3. The van der Waals surface area contributed by atoms with Crippen LogP contribution in [0.25, 0.3) is 109 Å². The minimum absolute atomic E-state index is 0.563. The standard InChI is InChI=1S/C50H30O/c1-2-13-31(14-3-1)34-29-44(50-46(30-34)51-45-28-26-33-16-5-7-18-36(33)49(45)50)48-42-21-10-8-19-40(42)47(41-20-9-11-22-43(41)48)39-24-12-23-37-35-17-6-4-15-32(35)25-27-38(37)39/h1-30H/i1D,2D,3D,4D,5D,6D,7D,8D,9D,10D,11D,12D,13D,14D,15D,16D,17D,18D,19D,20D,21D,22D,23D,24D,25D,26D,27D,28D,29D,30D. The lowest BCUT2D eigenvalue weighted by Gasteiger charge is -2.20. The van der Waals surface area contributed by atoms with Crippen molar-refractivity contribution in [1.82, 2.24) is 0 Å². The molecule has 0 aliphatic carbocycles. The molecule has 0 bridgehead atoms. The van der Waals surface area contributed by atoms with Gasteiger partial charge in [-0.2, -0.15) is 0 Å². The van der Waals surface area contributed by atoms with Crippen LogP contribution in [0.5, 0.6) is 0 Å². The van der Waals surface area contributed by atoms with Gasteiger partial charge in [0.25, 0.3) is 0 Å². The highest BCUT2D eigenvalue weighted by atomic mass is 16.3. The van der Waals surface area contributed by atoms with Crippen molar-refractivity contribution in [3.63, 3.8) is 0 Å². The number of hydrogen-bond acceptors (Lipinski definition) is 1. The van der Waals surface area contributed by atoms with E-state index in [1.165, 1.54) is 0 Å². The molecule has 10 aromatic carbocycles. The zero-order chi connectivity index (χ0) is 59.6. The Balaban J connectivity index is 1.56. The SMILES string of the molecule is [2H]c1c([2H])c([2H])c(-c2c([2H])c(-c3c4c([2H])c([2H])c([2H])c([2H])c4c(-c4c([2H])c([2H])c([2H])c5c4c([2H])c([2H])c4c([2H])c([2H])c([2H])c([2H])c45)c4c([2H])c([2H])c([2H])c([2H])c34)c3c(oc4c([2H])c([2H])c5c([2H])c([2H])c([2H])c([2H])c5c43)c2[2H])c([2H])c1[2H]. The second-order valence-electron chi connectivity index (χ2n) is 11.3. The largest absolute Gasteiger partial charge is 0.456 e. The molecule has 0 atom stereocenters. The van der Waals surface area contributed by atoms with E-state index in [9.17, 15) is 17.8 Å². The van der Waals surface area contributed by atoms with E-state index in [-0.39, 0.29) is 0 Å². The maximum atomic E-state index is 10.3. The summed E-state index contributed by atoms with van der Waals surface area (Å²) in [5, 5.41) is -8.30. The highest BCUT2D eigenvalue weighted by Crippen LogP contribution is 2.50. The van der Waals surface area contributed by atoms with Crippen LogP contribution < -0.4 is 0 Å². The zero-order valence-corrected chi connectivity index (χ0v) is 25.4. The van der Waals surface area contributed by atoms with Crippen LogP contribution in [0.1, 0.15) is 41.1 Å². The Labute approximate surface area is 336 Å². The molecule has 0 fully saturated rings. The Morgan fingerprint density at radius 1 is 0.314 bits per heavy atom. The normalized spacial score (nSPS) is 20.2. The molecule has 11 rings (SSSR count). The summed E-state index contributed by atoms with van der Waals surface area (Å²) in [5.41, 5.74) is -6.52. The molecule has 1 heteroatoms. The first-order valence-electron chi connectivity index (χ1n) is 30.2. The monoisotopic (exact) mass is 676 g/mol. The summed E-state index contributed by atoms with van der Waals surface area (Å²) in [6, 6.07) is -29.2. The topological polar surface area (TPSA) is 13.1 Å². The Kier molecular flexibility index (Phi) is 2.50. The number of fused-ring (bicyclic) bond motifs is 10. The first-order chi connectivity index (χ1) is 37.8. The van der Waals surface area contributed by atoms with Gasteiger partial charge in [-0.05, 0) is 105 Å². The molecule has 11 aromatic rings. The second kappa shape index (κ2) is 10.9. The number of benzene rings is 10. The Morgan fingerprint density at radius 3 is 1.57 bits per heavy atom. The van der Waals surface area contributed by atoms with Crippen LogP contribution in [0.4, 0.5) is 0 Å². The predicted molar refractivity (Wildman–Crippen MR) is 218 cm³/mol. The third-order valence-electron chi connectivity index (χ3n) is 8.64. The van der Waals surface area contributed by atoms with E-state index >= 15 is 0 Å². The second-order valence-corrected chi connectivity index (χ2v) is 11.3. The minimum atomic E-state index is -1.11. The zero-order valence-electron chi connectivity index (χ0n) is 55.4. The minimum Gasteiger partial charge on any atom is -0.456 e. The maximum Gasteiger partial charge on any atom is 0.136 e. The van der Waals surface area contributed by atoms with Crippen molar-refractivity contribution in [2.24, 2.45) is 0 Å². The summed E-state index contributed by atoms with van der Waals surface area (Å²) in [6.45, 7) is 0. The number of furan rings is 1. The highest BCUT2D eigenvalue weighted by molar-refractivity contribution is 6.30. The molecule has 0 radical (unpaired) electrons. The quantitative estimate of drug-likeness (QED) is 0.134. The van der Waals surface area contributed by atoms with E-state index < -0.39 is 290 Å². The van der Waals surface area contributed by atoms with Gasteiger partial charge in [0.2, 0.25) is 0 Å². The Morgan fingerprint density at radius 2 is 0.863 bits per heavy atom. The molecule has 0 spiro atoms. The van der Waals surface area contributed by atoms with Crippen molar-refractivity contribution in [2.45, 2.75) is 0 Å². The average molecular weight is 677 g/mol. The summed E-state index contributed by atoms with van der Waals surface area (Å²) >= 11 is 0. The molecule has 0 saturated heterocycles. The van der Waals surface area contributed by atoms with Gasteiger partial charge in [0.1, 0.15) is 11.2 Å². The van der Waals surface area contributed by atoms with E-state index in [1.54, 1.807) is 0 Å². The molecule has 51 heavy (non-hydrogen) atoms. The van der Waals surface area contributed by atoms with Gasteiger partial charge in [-0.15, -0.1) is 0 Å². The molecule has 0 aliphatic heterocycles. The van der Waals surface area contributed by atoms with Gasteiger partial charge >= 0.3 is 0 Å². The van der Waals surface area contributed by atoms with E-state index in [1.807, 2.05) is 0 Å². The smallest absolute Gasteiger partial charge is 0.136 e. The van der Waals surface area contributed by atoms with Gasteiger partial charge in [-0.3, -0.25) is 0 Å².